The normalized spacial score (nSPS) is 16.3. The van der Waals surface area contributed by atoms with Gasteiger partial charge in [0.15, 0.2) is 0 Å². The first-order valence-corrected chi connectivity index (χ1v) is 10.8. The summed E-state index contributed by atoms with van der Waals surface area (Å²) < 4.78 is 5.61. The van der Waals surface area contributed by atoms with E-state index in [2.05, 4.69) is 58.7 Å². The molecule has 2 aromatic carbocycles. The molecule has 160 valence electrons. The van der Waals surface area contributed by atoms with E-state index >= 15 is 0 Å². The molecule has 3 aromatic rings. The van der Waals surface area contributed by atoms with Crippen molar-refractivity contribution in [2.24, 2.45) is 0 Å². The smallest absolute Gasteiger partial charge is 0.217 e. The lowest BCUT2D eigenvalue weighted by molar-refractivity contribution is -0.119. The molecule has 1 aliphatic rings. The number of carbonyl (C=O) groups excluding carboxylic acids is 1. The number of methoxy groups -OCH3 is 1. The first kappa shape index (κ1) is 21.1. The zero-order valence-electron chi connectivity index (χ0n) is 18.2. The van der Waals surface area contributed by atoms with Crippen LogP contribution in [0.25, 0.3) is 11.1 Å². The van der Waals surface area contributed by atoms with E-state index in [0.29, 0.717) is 12.6 Å². The van der Waals surface area contributed by atoms with Gasteiger partial charge < -0.3 is 10.1 Å². The first-order chi connectivity index (χ1) is 15.2. The van der Waals surface area contributed by atoms with Crippen molar-refractivity contribution in [2.75, 3.05) is 13.7 Å². The summed E-state index contributed by atoms with van der Waals surface area (Å²) >= 11 is 0. The SMILES string of the molecule is COc1ccccc1-c1ccccc1CN1CCC[C@@H]1c1ccc(CNC(C)=O)cn1. The van der Waals surface area contributed by atoms with Crippen LogP contribution < -0.4 is 10.1 Å². The van der Waals surface area contributed by atoms with Crippen LogP contribution in [0.15, 0.2) is 66.9 Å². The molecule has 1 fully saturated rings. The highest BCUT2D eigenvalue weighted by atomic mass is 16.5. The molecule has 5 heteroatoms. The molecule has 0 saturated carbocycles. The van der Waals surface area contributed by atoms with Gasteiger partial charge in [-0.1, -0.05) is 48.5 Å². The van der Waals surface area contributed by atoms with Gasteiger partial charge in [0.25, 0.3) is 0 Å². The molecular formula is C26H29N3O2. The monoisotopic (exact) mass is 415 g/mol. The standard InChI is InChI=1S/C26H29N3O2/c1-19(30)27-16-20-13-14-24(28-17-20)25-11-7-15-29(25)18-21-8-3-4-9-22(21)23-10-5-6-12-26(23)31-2/h3-6,8-10,12-14,17,25H,7,11,15-16,18H2,1-2H3,(H,27,30)/t25-/m1/s1. The highest BCUT2D eigenvalue weighted by Gasteiger charge is 2.27. The van der Waals surface area contributed by atoms with Crippen LogP contribution in [0.5, 0.6) is 5.75 Å². The summed E-state index contributed by atoms with van der Waals surface area (Å²) in [4.78, 5) is 18.4. The van der Waals surface area contributed by atoms with Gasteiger partial charge in [-0.15, -0.1) is 0 Å². The Morgan fingerprint density at radius 3 is 2.61 bits per heavy atom. The highest BCUT2D eigenvalue weighted by molar-refractivity contribution is 5.73. The van der Waals surface area contributed by atoms with Crippen molar-refractivity contribution >= 4 is 5.91 Å². The summed E-state index contributed by atoms with van der Waals surface area (Å²) in [5.41, 5.74) is 5.74. The molecule has 0 bridgehead atoms. The second-order valence-electron chi connectivity index (χ2n) is 7.99. The van der Waals surface area contributed by atoms with Crippen LogP contribution in [-0.2, 0) is 17.9 Å². The second kappa shape index (κ2) is 9.75. The number of carbonyl (C=O) groups is 1. The van der Waals surface area contributed by atoms with E-state index in [-0.39, 0.29) is 5.91 Å². The minimum Gasteiger partial charge on any atom is -0.496 e. The van der Waals surface area contributed by atoms with Crippen LogP contribution in [0.3, 0.4) is 0 Å². The number of para-hydroxylation sites is 1. The lowest BCUT2D eigenvalue weighted by atomic mass is 9.98. The highest BCUT2D eigenvalue weighted by Crippen LogP contribution is 2.36. The third kappa shape index (κ3) is 4.94. The van der Waals surface area contributed by atoms with Gasteiger partial charge in [0, 0.05) is 31.8 Å². The fraction of sp³-hybridized carbons (Fsp3) is 0.308. The van der Waals surface area contributed by atoms with Gasteiger partial charge in [-0.3, -0.25) is 14.7 Å². The molecule has 0 aliphatic carbocycles. The summed E-state index contributed by atoms with van der Waals surface area (Å²) in [6.07, 6.45) is 4.15. The molecule has 1 aliphatic heterocycles. The van der Waals surface area contributed by atoms with E-state index < -0.39 is 0 Å². The van der Waals surface area contributed by atoms with Gasteiger partial charge >= 0.3 is 0 Å². The van der Waals surface area contributed by atoms with Crippen molar-refractivity contribution < 1.29 is 9.53 Å². The van der Waals surface area contributed by atoms with Crippen LogP contribution >= 0.6 is 0 Å². The Morgan fingerprint density at radius 1 is 1.10 bits per heavy atom. The Hall–Kier alpha value is -3.18. The Balaban J connectivity index is 1.54. The van der Waals surface area contributed by atoms with Gasteiger partial charge in [0.05, 0.1) is 18.8 Å². The number of hydrogen-bond donors (Lipinski definition) is 1. The minimum atomic E-state index is -0.0280. The van der Waals surface area contributed by atoms with E-state index in [4.69, 9.17) is 9.72 Å². The molecule has 1 saturated heterocycles. The van der Waals surface area contributed by atoms with E-state index in [0.717, 1.165) is 48.5 Å². The van der Waals surface area contributed by atoms with Gasteiger partial charge in [-0.25, -0.2) is 0 Å². The van der Waals surface area contributed by atoms with Crippen molar-refractivity contribution in [2.45, 2.75) is 38.9 Å². The van der Waals surface area contributed by atoms with Crippen LogP contribution in [0.4, 0.5) is 0 Å². The summed E-state index contributed by atoms with van der Waals surface area (Å²) in [6, 6.07) is 21.2. The van der Waals surface area contributed by atoms with Crippen molar-refractivity contribution in [3.8, 4) is 16.9 Å². The van der Waals surface area contributed by atoms with Crippen molar-refractivity contribution in [1.82, 2.24) is 15.2 Å². The molecule has 0 spiro atoms. The average Bonchev–Trinajstić information content (AvgIpc) is 3.26. The van der Waals surface area contributed by atoms with E-state index in [1.54, 1.807) is 7.11 Å². The second-order valence-corrected chi connectivity index (χ2v) is 7.99. The topological polar surface area (TPSA) is 54.5 Å². The van der Waals surface area contributed by atoms with Gasteiger partial charge in [0.2, 0.25) is 5.91 Å². The molecule has 4 rings (SSSR count). The summed E-state index contributed by atoms with van der Waals surface area (Å²) in [6.45, 7) is 3.97. The number of nitrogens with zero attached hydrogens (tertiary/aromatic N) is 2. The molecule has 1 N–H and O–H groups in total. The van der Waals surface area contributed by atoms with Crippen LogP contribution in [0.2, 0.25) is 0 Å². The Morgan fingerprint density at radius 2 is 1.87 bits per heavy atom. The Labute approximate surface area is 184 Å². The number of benzene rings is 2. The Bertz CT molecular complexity index is 1030. The number of hydrogen-bond acceptors (Lipinski definition) is 4. The fourth-order valence-corrected chi connectivity index (χ4v) is 4.32. The van der Waals surface area contributed by atoms with Crippen molar-refractivity contribution in [3.05, 3.63) is 83.7 Å². The molecule has 1 aromatic heterocycles. The predicted molar refractivity (Wildman–Crippen MR) is 123 cm³/mol. The number of amides is 1. The molecule has 0 unspecified atom stereocenters. The van der Waals surface area contributed by atoms with E-state index in [1.807, 2.05) is 18.3 Å². The maximum absolute atomic E-state index is 11.1. The van der Waals surface area contributed by atoms with Gasteiger partial charge in [-0.05, 0) is 48.2 Å². The average molecular weight is 416 g/mol. The molecule has 1 amide bonds. The number of ether oxygens (including phenoxy) is 1. The minimum absolute atomic E-state index is 0.0280. The van der Waals surface area contributed by atoms with Gasteiger partial charge in [-0.2, -0.15) is 0 Å². The van der Waals surface area contributed by atoms with Crippen LogP contribution in [0.1, 0.15) is 42.6 Å². The summed E-state index contributed by atoms with van der Waals surface area (Å²) in [7, 11) is 1.72. The van der Waals surface area contributed by atoms with Gasteiger partial charge in [0.1, 0.15) is 5.75 Å². The number of aromatic nitrogens is 1. The molecule has 2 heterocycles. The zero-order chi connectivity index (χ0) is 21.6. The van der Waals surface area contributed by atoms with E-state index in [1.165, 1.54) is 18.1 Å². The zero-order valence-corrected chi connectivity index (χ0v) is 18.2. The van der Waals surface area contributed by atoms with Crippen molar-refractivity contribution in [1.29, 1.82) is 0 Å². The molecular weight excluding hydrogens is 386 g/mol. The number of likely N-dealkylation sites (tertiary alicyclic amines) is 1. The summed E-state index contributed by atoms with van der Waals surface area (Å²) in [5.74, 6) is 0.865. The Kier molecular flexibility index (Phi) is 6.63. The van der Waals surface area contributed by atoms with Crippen molar-refractivity contribution in [3.63, 3.8) is 0 Å². The number of pyridine rings is 1. The lowest BCUT2D eigenvalue weighted by Crippen LogP contribution is -2.24. The molecule has 1 atom stereocenters. The number of rotatable bonds is 7. The maximum Gasteiger partial charge on any atom is 0.217 e. The third-order valence-corrected chi connectivity index (χ3v) is 5.88. The molecule has 0 radical (unpaired) electrons. The maximum atomic E-state index is 11.1. The molecule has 5 nitrogen and oxygen atoms in total. The molecule has 31 heavy (non-hydrogen) atoms. The number of nitrogens with one attached hydrogen (secondary N) is 1. The lowest BCUT2D eigenvalue weighted by Gasteiger charge is -2.25. The fourth-order valence-electron chi connectivity index (χ4n) is 4.32. The summed E-state index contributed by atoms with van der Waals surface area (Å²) in [5, 5.41) is 2.82. The third-order valence-electron chi connectivity index (χ3n) is 5.88. The first-order valence-electron chi connectivity index (χ1n) is 10.8. The quantitative estimate of drug-likeness (QED) is 0.606. The van der Waals surface area contributed by atoms with E-state index in [9.17, 15) is 4.79 Å². The largest absolute Gasteiger partial charge is 0.496 e. The van der Waals surface area contributed by atoms with Crippen LogP contribution in [-0.4, -0.2) is 29.4 Å². The van der Waals surface area contributed by atoms with Crippen LogP contribution in [0, 0.1) is 0 Å². The predicted octanol–water partition coefficient (Wildman–Crippen LogP) is 4.73.